The minimum absolute atomic E-state index is 0.110. The fraction of sp³-hybridized carbons (Fsp3) is 0.318. The topological polar surface area (TPSA) is 211 Å². The van der Waals surface area contributed by atoms with Gasteiger partial charge in [-0.25, -0.2) is 0 Å². The number of benzene rings is 2. The lowest BCUT2D eigenvalue weighted by molar-refractivity contribution is -0.219. The first-order valence-corrected chi connectivity index (χ1v) is 10.0. The van der Waals surface area contributed by atoms with E-state index in [2.05, 4.69) is 0 Å². The average Bonchev–Trinajstić information content (AvgIpc) is 2.80. The molecule has 8 N–H and O–H groups in total. The Morgan fingerprint density at radius 3 is 2.06 bits per heavy atom. The number of hydrogen-bond acceptors (Lipinski definition) is 12. The lowest BCUT2D eigenvalue weighted by Crippen LogP contribution is -2.53. The predicted molar refractivity (Wildman–Crippen MR) is 114 cm³/mol. The molecule has 0 spiro atoms. The molecule has 1 saturated heterocycles. The van der Waals surface area contributed by atoms with Crippen molar-refractivity contribution in [3.63, 3.8) is 0 Å². The van der Waals surface area contributed by atoms with Gasteiger partial charge in [-0.1, -0.05) is 0 Å². The monoisotopic (exact) mass is 478 g/mol. The van der Waals surface area contributed by atoms with Crippen LogP contribution in [0.15, 0.2) is 27.4 Å². The molecule has 0 aliphatic carbocycles. The minimum Gasteiger partial charge on any atom is -0.507 e. The highest BCUT2D eigenvalue weighted by molar-refractivity contribution is 5.91. The summed E-state index contributed by atoms with van der Waals surface area (Å²) < 4.78 is 16.7. The van der Waals surface area contributed by atoms with Crippen LogP contribution in [0.5, 0.6) is 34.5 Å². The second-order valence-corrected chi connectivity index (χ2v) is 7.92. The number of aliphatic hydroxyl groups excluding tert-OH is 3. The fourth-order valence-electron chi connectivity index (χ4n) is 3.99. The van der Waals surface area contributed by atoms with Gasteiger partial charge in [-0.05, 0) is 19.1 Å². The first kappa shape index (κ1) is 23.4. The quantitative estimate of drug-likeness (QED) is 0.242. The third kappa shape index (κ3) is 3.44. The number of rotatable bonds is 3. The van der Waals surface area contributed by atoms with Crippen LogP contribution in [-0.4, -0.2) is 72.4 Å². The Bertz CT molecular complexity index is 1310. The molecule has 4 rings (SSSR count). The Morgan fingerprint density at radius 2 is 1.47 bits per heavy atom. The highest BCUT2D eigenvalue weighted by Crippen LogP contribution is 2.46. The van der Waals surface area contributed by atoms with Crippen molar-refractivity contribution >= 4 is 11.0 Å². The molecule has 1 aromatic heterocycles. The molecule has 0 amide bonds. The third-order valence-corrected chi connectivity index (χ3v) is 5.81. The summed E-state index contributed by atoms with van der Waals surface area (Å²) in [5.41, 5.74) is -1.84. The second-order valence-electron chi connectivity index (χ2n) is 7.92. The molecule has 1 aliphatic rings. The van der Waals surface area contributed by atoms with Gasteiger partial charge in [0.1, 0.15) is 41.3 Å². The first-order chi connectivity index (χ1) is 16.0. The van der Waals surface area contributed by atoms with Gasteiger partial charge in [0.05, 0.1) is 18.8 Å². The van der Waals surface area contributed by atoms with Crippen LogP contribution in [0.25, 0.3) is 22.3 Å². The third-order valence-electron chi connectivity index (χ3n) is 5.81. The summed E-state index contributed by atoms with van der Waals surface area (Å²) in [5.74, 6) is -4.69. The fourth-order valence-corrected chi connectivity index (χ4v) is 3.99. The van der Waals surface area contributed by atoms with Gasteiger partial charge in [0.15, 0.2) is 28.6 Å². The van der Waals surface area contributed by atoms with Crippen molar-refractivity contribution in [2.75, 3.05) is 7.11 Å². The first-order valence-electron chi connectivity index (χ1n) is 10.0. The summed E-state index contributed by atoms with van der Waals surface area (Å²) in [6.45, 7) is 1.44. The zero-order valence-electron chi connectivity index (χ0n) is 17.8. The number of aliphatic hydroxyl groups is 3. The number of phenols is 4. The van der Waals surface area contributed by atoms with E-state index < -0.39 is 81.4 Å². The Balaban J connectivity index is 2.07. The summed E-state index contributed by atoms with van der Waals surface area (Å²) in [4.78, 5) is 13.0. The maximum absolute atomic E-state index is 13.0. The molecular weight excluding hydrogens is 456 g/mol. The van der Waals surface area contributed by atoms with Gasteiger partial charge >= 0.3 is 0 Å². The van der Waals surface area contributed by atoms with E-state index in [9.17, 15) is 45.6 Å². The average molecular weight is 478 g/mol. The van der Waals surface area contributed by atoms with Crippen LogP contribution in [0.1, 0.15) is 18.6 Å². The number of hydrogen-bond donors (Lipinski definition) is 8. The van der Waals surface area contributed by atoms with Gasteiger partial charge in [-0.2, -0.15) is 0 Å². The maximum Gasteiger partial charge on any atom is 0.238 e. The van der Waals surface area contributed by atoms with Crippen LogP contribution in [0.2, 0.25) is 0 Å². The number of aromatic hydroxyl groups is 5. The molecular formula is C22H22O12. The molecule has 1 unspecified atom stereocenters. The zero-order valence-corrected chi connectivity index (χ0v) is 17.8. The standard InChI is InChI=1S/C22H22O12/c1-6-14(26)17(29)19(31)22(33-6)13-11(32-2)5-8(23)12-16(28)18(30)20(34-21(12)13)7-3-9(24)15(27)10(25)4-7/h3-6,14,17,19,22-27,29-31H,1-2H3/t6-,14-,17+,19+,22?/m0/s1. The van der Waals surface area contributed by atoms with E-state index in [1.807, 2.05) is 0 Å². The molecule has 182 valence electrons. The summed E-state index contributed by atoms with van der Waals surface area (Å²) in [5, 5.41) is 80.7. The molecule has 3 aromatic rings. The number of methoxy groups -OCH3 is 1. The predicted octanol–water partition coefficient (Wildman–Crippen LogP) is 0.539. The maximum atomic E-state index is 13.0. The van der Waals surface area contributed by atoms with Gasteiger partial charge in [0.2, 0.25) is 11.2 Å². The van der Waals surface area contributed by atoms with Gasteiger partial charge < -0.3 is 54.7 Å². The molecule has 1 aliphatic heterocycles. The van der Waals surface area contributed by atoms with E-state index in [4.69, 9.17) is 13.9 Å². The minimum atomic E-state index is -1.71. The van der Waals surface area contributed by atoms with Crippen LogP contribution in [0.3, 0.4) is 0 Å². The van der Waals surface area contributed by atoms with Crippen LogP contribution in [0, 0.1) is 0 Å². The van der Waals surface area contributed by atoms with Gasteiger partial charge in [-0.15, -0.1) is 0 Å². The van der Waals surface area contributed by atoms with Crippen molar-refractivity contribution in [1.29, 1.82) is 0 Å². The van der Waals surface area contributed by atoms with E-state index in [0.29, 0.717) is 0 Å². The van der Waals surface area contributed by atoms with Crippen LogP contribution < -0.4 is 10.2 Å². The smallest absolute Gasteiger partial charge is 0.238 e. The molecule has 12 nitrogen and oxygen atoms in total. The Hall–Kier alpha value is -3.71. The van der Waals surface area contributed by atoms with E-state index >= 15 is 0 Å². The summed E-state index contributed by atoms with van der Waals surface area (Å²) in [7, 11) is 1.23. The van der Waals surface area contributed by atoms with E-state index in [0.717, 1.165) is 18.2 Å². The second kappa shape index (κ2) is 8.25. The van der Waals surface area contributed by atoms with E-state index in [-0.39, 0.29) is 16.9 Å². The highest BCUT2D eigenvalue weighted by Gasteiger charge is 2.45. The molecule has 2 heterocycles. The molecule has 34 heavy (non-hydrogen) atoms. The molecule has 0 saturated carbocycles. The molecule has 0 radical (unpaired) electrons. The Labute approximate surface area is 190 Å². The summed E-state index contributed by atoms with van der Waals surface area (Å²) >= 11 is 0. The number of fused-ring (bicyclic) bond motifs is 1. The molecule has 12 heteroatoms. The lowest BCUT2D eigenvalue weighted by Gasteiger charge is -2.39. The highest BCUT2D eigenvalue weighted by atomic mass is 16.5. The number of phenolic OH excluding ortho intramolecular Hbond substituents is 4. The van der Waals surface area contributed by atoms with Crippen molar-refractivity contribution in [3.05, 3.63) is 34.0 Å². The van der Waals surface area contributed by atoms with Crippen molar-refractivity contribution in [2.24, 2.45) is 0 Å². The molecule has 2 aromatic carbocycles. The van der Waals surface area contributed by atoms with Gasteiger partial charge in [-0.3, -0.25) is 4.79 Å². The SMILES string of the molecule is COc1cc(O)c2c(=O)c(O)c(-c3cc(O)c(O)c(O)c3)oc2c1C1O[C@@H](C)[C@H](O)[C@@H](O)[C@H]1O. The normalized spacial score (nSPS) is 24.9. The van der Waals surface area contributed by atoms with Gasteiger partial charge in [0.25, 0.3) is 0 Å². The summed E-state index contributed by atoms with van der Waals surface area (Å²) in [6, 6.07) is 2.85. The van der Waals surface area contributed by atoms with Crippen molar-refractivity contribution in [2.45, 2.75) is 37.4 Å². The van der Waals surface area contributed by atoms with Crippen molar-refractivity contribution in [3.8, 4) is 45.8 Å². The van der Waals surface area contributed by atoms with Crippen molar-refractivity contribution in [1.82, 2.24) is 0 Å². The Morgan fingerprint density at radius 1 is 0.853 bits per heavy atom. The molecule has 0 bridgehead atoms. The lowest BCUT2D eigenvalue weighted by atomic mass is 9.90. The van der Waals surface area contributed by atoms with Crippen LogP contribution >= 0.6 is 0 Å². The van der Waals surface area contributed by atoms with E-state index in [1.54, 1.807) is 0 Å². The van der Waals surface area contributed by atoms with Crippen LogP contribution in [-0.2, 0) is 4.74 Å². The largest absolute Gasteiger partial charge is 0.507 e. The summed E-state index contributed by atoms with van der Waals surface area (Å²) in [6.07, 6.45) is -7.15. The van der Waals surface area contributed by atoms with Gasteiger partial charge in [0, 0.05) is 11.6 Å². The molecule has 1 fully saturated rings. The zero-order chi connectivity index (χ0) is 25.1. The molecule has 5 atom stereocenters. The van der Waals surface area contributed by atoms with E-state index in [1.165, 1.54) is 14.0 Å². The van der Waals surface area contributed by atoms with Crippen LogP contribution in [0.4, 0.5) is 0 Å². The number of ether oxygens (including phenoxy) is 2. The van der Waals surface area contributed by atoms with Crippen molar-refractivity contribution < 1.29 is 54.7 Å². The Kier molecular flexibility index (Phi) is 5.69.